The molecule has 0 spiro atoms. The molecule has 0 fully saturated rings. The second kappa shape index (κ2) is 24.7. The first-order valence-corrected chi connectivity index (χ1v) is 15.1. The molecular weight excluding hydrogens is 464 g/mol. The van der Waals surface area contributed by atoms with Crippen LogP contribution in [0.3, 0.4) is 0 Å². The summed E-state index contributed by atoms with van der Waals surface area (Å²) in [6, 6.07) is 7.42. The molecule has 0 radical (unpaired) electrons. The highest BCUT2D eigenvalue weighted by Gasteiger charge is 2.06. The molecule has 1 aromatic rings. The zero-order valence-corrected chi connectivity index (χ0v) is 23.2. The molecule has 1 rings (SSSR count). The molecule has 1 atom stereocenters. The van der Waals surface area contributed by atoms with Crippen LogP contribution in [0.15, 0.2) is 35.2 Å². The Morgan fingerprint density at radius 3 is 1.51 bits per heavy atom. The van der Waals surface area contributed by atoms with E-state index < -0.39 is 10.1 Å². The van der Waals surface area contributed by atoms with Crippen LogP contribution in [-0.2, 0) is 19.6 Å². The number of methoxy groups -OCH3 is 1. The van der Waals surface area contributed by atoms with Crippen LogP contribution in [0.4, 0.5) is 0 Å². The molecule has 0 heterocycles. The van der Waals surface area contributed by atoms with E-state index in [1.54, 1.807) is 25.3 Å². The highest BCUT2D eigenvalue weighted by atomic mass is 32.2. The number of hydrogen-bond acceptors (Lipinski definition) is 5. The smallest absolute Gasteiger partial charge is 0.294 e. The van der Waals surface area contributed by atoms with Crippen LogP contribution in [0, 0.1) is 0 Å². The Morgan fingerprint density at radius 2 is 1.17 bits per heavy atom. The first-order chi connectivity index (χ1) is 17.0. The van der Waals surface area contributed by atoms with Gasteiger partial charge in [-0.25, -0.2) is 0 Å². The van der Waals surface area contributed by atoms with Crippen molar-refractivity contribution in [2.24, 2.45) is 0 Å². The Kier molecular flexibility index (Phi) is 24.0. The van der Waals surface area contributed by atoms with Crippen LogP contribution in [0.25, 0.3) is 0 Å². The van der Waals surface area contributed by atoms with E-state index in [1.165, 1.54) is 108 Å². The summed E-state index contributed by atoms with van der Waals surface area (Å²) < 4.78 is 39.8. The first-order valence-electron chi connectivity index (χ1n) is 13.7. The van der Waals surface area contributed by atoms with Crippen molar-refractivity contribution < 1.29 is 27.6 Å². The van der Waals surface area contributed by atoms with Crippen molar-refractivity contribution in [2.75, 3.05) is 26.9 Å². The van der Waals surface area contributed by atoms with E-state index in [4.69, 9.17) is 19.1 Å². The van der Waals surface area contributed by atoms with E-state index in [2.05, 4.69) is 6.92 Å². The lowest BCUT2D eigenvalue weighted by molar-refractivity contribution is -0.0205. The average Bonchev–Trinajstić information content (AvgIpc) is 2.86. The molecule has 2 N–H and O–H groups in total. The molecule has 6 nitrogen and oxygen atoms in total. The van der Waals surface area contributed by atoms with Crippen molar-refractivity contribution in [3.8, 4) is 0 Å². The molecule has 1 aromatic carbocycles. The van der Waals surface area contributed by atoms with Gasteiger partial charge in [-0.05, 0) is 18.6 Å². The van der Waals surface area contributed by atoms with E-state index in [1.807, 2.05) is 0 Å². The molecule has 0 aromatic heterocycles. The predicted octanol–water partition coefficient (Wildman–Crippen LogP) is 7.21. The summed E-state index contributed by atoms with van der Waals surface area (Å²) >= 11 is 0. The van der Waals surface area contributed by atoms with Crippen LogP contribution >= 0.6 is 0 Å². The molecule has 206 valence electrons. The van der Waals surface area contributed by atoms with Crippen molar-refractivity contribution in [1.82, 2.24) is 0 Å². The lowest BCUT2D eigenvalue weighted by Crippen LogP contribution is -2.22. The van der Waals surface area contributed by atoms with Crippen molar-refractivity contribution in [3.05, 3.63) is 30.3 Å². The van der Waals surface area contributed by atoms with Gasteiger partial charge in [0.2, 0.25) is 0 Å². The summed E-state index contributed by atoms with van der Waals surface area (Å²) in [6.45, 7) is 3.62. The van der Waals surface area contributed by atoms with Crippen LogP contribution in [-0.4, -0.2) is 51.1 Å². The minimum absolute atomic E-state index is 0.0372. The number of aliphatic hydroxyl groups excluding tert-OH is 1. The molecule has 0 aliphatic carbocycles. The number of ether oxygens (including phenoxy) is 2. The van der Waals surface area contributed by atoms with E-state index in [0.29, 0.717) is 6.61 Å². The van der Waals surface area contributed by atoms with Gasteiger partial charge in [-0.3, -0.25) is 4.55 Å². The molecule has 35 heavy (non-hydrogen) atoms. The van der Waals surface area contributed by atoms with E-state index >= 15 is 0 Å². The predicted molar refractivity (Wildman–Crippen MR) is 145 cm³/mol. The molecule has 0 saturated carbocycles. The van der Waals surface area contributed by atoms with Gasteiger partial charge in [0.25, 0.3) is 10.1 Å². The number of aliphatic hydroxyl groups is 1. The average molecular weight is 517 g/mol. The number of rotatable bonds is 22. The third-order valence-corrected chi connectivity index (χ3v) is 6.89. The topological polar surface area (TPSA) is 93.1 Å². The lowest BCUT2D eigenvalue weighted by atomic mass is 10.0. The standard InChI is InChI=1S/C22H46O3.C6H6O3S/c1-3-4-5-6-7-8-9-10-11-12-13-14-15-16-17-18-19-25-21-22(20-23)24-2;7-10(8,9)6-4-2-1-3-5-6/h22-23H,3-21H2,1-2H3;1-5H,(H,7,8,9). The Morgan fingerprint density at radius 1 is 0.743 bits per heavy atom. The van der Waals surface area contributed by atoms with Crippen LogP contribution < -0.4 is 0 Å². The summed E-state index contributed by atoms with van der Waals surface area (Å²) in [5.74, 6) is 0. The maximum atomic E-state index is 10.4. The van der Waals surface area contributed by atoms with Gasteiger partial charge in [0.1, 0.15) is 6.10 Å². The second-order valence-corrected chi connectivity index (χ2v) is 10.6. The Hall–Kier alpha value is -0.990. The second-order valence-electron chi connectivity index (χ2n) is 9.21. The van der Waals surface area contributed by atoms with E-state index in [9.17, 15) is 8.42 Å². The van der Waals surface area contributed by atoms with Gasteiger partial charge in [-0.2, -0.15) is 8.42 Å². The maximum Gasteiger partial charge on any atom is 0.294 e. The van der Waals surface area contributed by atoms with E-state index in [0.717, 1.165) is 13.0 Å². The quantitative estimate of drug-likeness (QED) is 0.125. The fourth-order valence-electron chi connectivity index (χ4n) is 3.75. The Labute approximate surface area is 215 Å². The van der Waals surface area contributed by atoms with Crippen molar-refractivity contribution in [3.63, 3.8) is 0 Å². The van der Waals surface area contributed by atoms with Crippen LogP contribution in [0.2, 0.25) is 0 Å². The van der Waals surface area contributed by atoms with Gasteiger partial charge in [-0.1, -0.05) is 121 Å². The molecule has 7 heteroatoms. The Balaban J connectivity index is 0.000000952. The van der Waals surface area contributed by atoms with Crippen molar-refractivity contribution in [1.29, 1.82) is 0 Å². The number of benzene rings is 1. The molecule has 0 saturated heterocycles. The lowest BCUT2D eigenvalue weighted by Gasteiger charge is -2.12. The molecule has 0 bridgehead atoms. The number of hydrogen-bond donors (Lipinski definition) is 2. The first kappa shape index (κ1) is 34.0. The van der Waals surface area contributed by atoms with Gasteiger partial charge in [0.15, 0.2) is 0 Å². The van der Waals surface area contributed by atoms with Gasteiger partial charge in [-0.15, -0.1) is 0 Å². The molecule has 0 aliphatic heterocycles. The van der Waals surface area contributed by atoms with Crippen LogP contribution in [0.5, 0.6) is 0 Å². The van der Waals surface area contributed by atoms with E-state index in [-0.39, 0.29) is 17.6 Å². The molecule has 0 aliphatic rings. The minimum Gasteiger partial charge on any atom is -0.394 e. The van der Waals surface area contributed by atoms with Gasteiger partial charge in [0, 0.05) is 13.7 Å². The van der Waals surface area contributed by atoms with Gasteiger partial charge < -0.3 is 14.6 Å². The summed E-state index contributed by atoms with van der Waals surface area (Å²) in [5.41, 5.74) is 0. The summed E-state index contributed by atoms with van der Waals surface area (Å²) in [7, 11) is -2.39. The Bertz CT molecular complexity index is 647. The fourth-order valence-corrected chi connectivity index (χ4v) is 4.26. The molecule has 1 unspecified atom stereocenters. The highest BCUT2D eigenvalue weighted by Crippen LogP contribution is 2.13. The zero-order valence-electron chi connectivity index (χ0n) is 22.3. The molecular formula is C28H52O6S. The SMILES string of the molecule is CCCCCCCCCCCCCCCCCCOCC(CO)OC.O=S(=O)(O)c1ccccc1. The molecule has 0 amide bonds. The fraction of sp³-hybridized carbons (Fsp3) is 0.786. The largest absolute Gasteiger partial charge is 0.394 e. The highest BCUT2D eigenvalue weighted by molar-refractivity contribution is 7.85. The summed E-state index contributed by atoms with van der Waals surface area (Å²) in [5, 5.41) is 8.96. The third-order valence-electron chi connectivity index (χ3n) is 6.02. The van der Waals surface area contributed by atoms with Crippen molar-refractivity contribution in [2.45, 2.75) is 121 Å². The number of unbranched alkanes of at least 4 members (excludes halogenated alkanes) is 15. The van der Waals surface area contributed by atoms with Crippen molar-refractivity contribution >= 4 is 10.1 Å². The maximum absolute atomic E-state index is 10.4. The van der Waals surface area contributed by atoms with Crippen LogP contribution in [0.1, 0.15) is 110 Å². The minimum atomic E-state index is -4.00. The summed E-state index contributed by atoms with van der Waals surface area (Å²) in [6.07, 6.45) is 22.1. The van der Waals surface area contributed by atoms with Gasteiger partial charge in [0.05, 0.1) is 18.1 Å². The monoisotopic (exact) mass is 516 g/mol. The normalized spacial score (nSPS) is 12.2. The van der Waals surface area contributed by atoms with Gasteiger partial charge >= 0.3 is 0 Å². The third kappa shape index (κ3) is 23.2. The zero-order chi connectivity index (χ0) is 26.0. The summed E-state index contributed by atoms with van der Waals surface area (Å²) in [4.78, 5) is -0.0741.